The highest BCUT2D eigenvalue weighted by Gasteiger charge is 2.57. The van der Waals surface area contributed by atoms with Gasteiger partial charge in [-0.1, -0.05) is 6.07 Å². The average Bonchev–Trinajstić information content (AvgIpc) is 3.57. The van der Waals surface area contributed by atoms with Crippen molar-refractivity contribution in [1.82, 2.24) is 24.6 Å². The number of aromatic nitrogens is 3. The van der Waals surface area contributed by atoms with Crippen molar-refractivity contribution in [3.05, 3.63) is 72.2 Å². The molecule has 172 valence electrons. The van der Waals surface area contributed by atoms with Crippen molar-refractivity contribution in [2.24, 2.45) is 5.41 Å². The van der Waals surface area contributed by atoms with Gasteiger partial charge in [0, 0.05) is 62.4 Å². The fourth-order valence-corrected chi connectivity index (χ4v) is 5.47. The van der Waals surface area contributed by atoms with Crippen molar-refractivity contribution in [3.8, 4) is 0 Å². The lowest BCUT2D eigenvalue weighted by atomic mass is 9.70. The van der Waals surface area contributed by atoms with Gasteiger partial charge in [-0.2, -0.15) is 5.10 Å². The normalized spacial score (nSPS) is 23.1. The smallest absolute Gasteiger partial charge is 0.289 e. The number of hydrogen-bond donors (Lipinski definition) is 0. The Hall–Kier alpha value is -3.42. The fourth-order valence-electron chi connectivity index (χ4n) is 5.47. The summed E-state index contributed by atoms with van der Waals surface area (Å²) in [5, 5.41) is 4.53. The molecule has 0 saturated carbocycles. The van der Waals surface area contributed by atoms with E-state index in [1.807, 2.05) is 27.8 Å². The number of pyridine rings is 1. The molecular formula is C25H29N5O3. The van der Waals surface area contributed by atoms with Crippen LogP contribution in [0.5, 0.6) is 0 Å². The fraction of sp³-hybridized carbons (Fsp3) is 0.440. The highest BCUT2D eigenvalue weighted by molar-refractivity contribution is 5.93. The third-order valence-electron chi connectivity index (χ3n) is 6.97. The molecule has 5 rings (SSSR count). The lowest BCUT2D eigenvalue weighted by Gasteiger charge is -2.42. The van der Waals surface area contributed by atoms with Crippen LogP contribution in [0.3, 0.4) is 0 Å². The highest BCUT2D eigenvalue weighted by atomic mass is 16.3. The molecular weight excluding hydrogens is 418 g/mol. The third-order valence-corrected chi connectivity index (χ3v) is 6.97. The van der Waals surface area contributed by atoms with Crippen LogP contribution in [0.1, 0.15) is 60.5 Å². The minimum Gasteiger partial charge on any atom is -0.459 e. The summed E-state index contributed by atoms with van der Waals surface area (Å²) in [5.41, 5.74) is 1.33. The standard InChI is InChI=1S/C25H29N5O3/c1-18(2)30-21(8-11-27-30)20-16-29(23(31)22-7-4-13-33-22)17-25(20)9-5-12-28(24(25)32)15-19-6-3-10-26-14-19/h3-4,6-8,10-11,13-14,18,20H,5,9,12,15-17H2,1-2H3/t20-,25+/m0/s1. The molecule has 2 atom stereocenters. The van der Waals surface area contributed by atoms with Gasteiger partial charge in [-0.15, -0.1) is 0 Å². The van der Waals surface area contributed by atoms with Crippen molar-refractivity contribution in [3.63, 3.8) is 0 Å². The number of furan rings is 1. The first-order valence-electron chi connectivity index (χ1n) is 11.5. The van der Waals surface area contributed by atoms with Crippen molar-refractivity contribution in [2.45, 2.75) is 45.2 Å². The van der Waals surface area contributed by atoms with Gasteiger partial charge < -0.3 is 14.2 Å². The molecule has 0 aliphatic carbocycles. The van der Waals surface area contributed by atoms with Crippen LogP contribution >= 0.6 is 0 Å². The van der Waals surface area contributed by atoms with Gasteiger partial charge in [0.2, 0.25) is 5.91 Å². The SMILES string of the molecule is CC(C)n1nccc1[C@@H]1CN(C(=O)c2ccco2)C[C@]12CCCN(Cc1cccnc1)C2=O. The van der Waals surface area contributed by atoms with Gasteiger partial charge >= 0.3 is 0 Å². The first-order valence-corrected chi connectivity index (χ1v) is 11.5. The summed E-state index contributed by atoms with van der Waals surface area (Å²) in [6.45, 7) is 6.24. The predicted molar refractivity (Wildman–Crippen MR) is 121 cm³/mol. The summed E-state index contributed by atoms with van der Waals surface area (Å²) in [4.78, 5) is 35.3. The van der Waals surface area contributed by atoms with E-state index in [0.29, 0.717) is 31.9 Å². The van der Waals surface area contributed by atoms with Gasteiger partial charge in [0.05, 0.1) is 11.7 Å². The van der Waals surface area contributed by atoms with Gasteiger partial charge in [0.1, 0.15) is 0 Å². The van der Waals surface area contributed by atoms with Crippen LogP contribution in [0.15, 0.2) is 59.6 Å². The number of amides is 2. The van der Waals surface area contributed by atoms with E-state index in [4.69, 9.17) is 4.42 Å². The third kappa shape index (κ3) is 3.73. The molecule has 2 saturated heterocycles. The molecule has 0 unspecified atom stereocenters. The Kier molecular flexibility index (Phi) is 5.52. The topological polar surface area (TPSA) is 84.5 Å². The second-order valence-corrected chi connectivity index (χ2v) is 9.36. The van der Waals surface area contributed by atoms with E-state index in [1.165, 1.54) is 6.26 Å². The Labute approximate surface area is 193 Å². The monoisotopic (exact) mass is 447 g/mol. The Morgan fingerprint density at radius 2 is 2.12 bits per heavy atom. The molecule has 0 aromatic carbocycles. The molecule has 33 heavy (non-hydrogen) atoms. The summed E-state index contributed by atoms with van der Waals surface area (Å²) in [6, 6.07) is 9.44. The van der Waals surface area contributed by atoms with E-state index in [2.05, 4.69) is 23.9 Å². The van der Waals surface area contributed by atoms with Gasteiger partial charge in [-0.25, -0.2) is 0 Å². The Balaban J connectivity index is 1.52. The number of carbonyl (C=O) groups is 2. The van der Waals surface area contributed by atoms with Gasteiger partial charge in [-0.3, -0.25) is 19.3 Å². The van der Waals surface area contributed by atoms with Crippen molar-refractivity contribution >= 4 is 11.8 Å². The maximum Gasteiger partial charge on any atom is 0.289 e. The van der Waals surface area contributed by atoms with Crippen molar-refractivity contribution in [2.75, 3.05) is 19.6 Å². The van der Waals surface area contributed by atoms with Crippen LogP contribution in [0.2, 0.25) is 0 Å². The van der Waals surface area contributed by atoms with E-state index >= 15 is 0 Å². The van der Waals surface area contributed by atoms with Crippen LogP contribution in [-0.4, -0.2) is 56.0 Å². The molecule has 1 spiro atoms. The number of nitrogens with zero attached hydrogens (tertiary/aromatic N) is 5. The number of carbonyl (C=O) groups excluding carboxylic acids is 2. The molecule has 3 aromatic heterocycles. The van der Waals surface area contributed by atoms with E-state index in [1.54, 1.807) is 35.6 Å². The second-order valence-electron chi connectivity index (χ2n) is 9.36. The van der Waals surface area contributed by atoms with Gasteiger partial charge in [0.25, 0.3) is 5.91 Å². The molecule has 0 radical (unpaired) electrons. The van der Waals surface area contributed by atoms with Crippen LogP contribution < -0.4 is 0 Å². The molecule has 8 nitrogen and oxygen atoms in total. The van der Waals surface area contributed by atoms with Gasteiger partial charge in [0.15, 0.2) is 5.76 Å². The van der Waals surface area contributed by atoms with E-state index in [0.717, 1.165) is 24.1 Å². The minimum absolute atomic E-state index is 0.105. The molecule has 0 bridgehead atoms. The first kappa shape index (κ1) is 21.4. The van der Waals surface area contributed by atoms with Crippen LogP contribution in [0.25, 0.3) is 0 Å². The Bertz CT molecular complexity index is 1120. The maximum atomic E-state index is 14.1. The first-order chi connectivity index (χ1) is 16.0. The molecule has 2 aliphatic heterocycles. The number of rotatable bonds is 5. The van der Waals surface area contributed by atoms with Crippen molar-refractivity contribution in [1.29, 1.82) is 0 Å². The summed E-state index contributed by atoms with van der Waals surface area (Å²) >= 11 is 0. The van der Waals surface area contributed by atoms with Crippen LogP contribution in [0.4, 0.5) is 0 Å². The zero-order valence-electron chi connectivity index (χ0n) is 19.1. The molecule has 2 amide bonds. The second kappa shape index (κ2) is 8.50. The van der Waals surface area contributed by atoms with Crippen molar-refractivity contribution < 1.29 is 14.0 Å². The lowest BCUT2D eigenvalue weighted by molar-refractivity contribution is -0.147. The van der Waals surface area contributed by atoms with E-state index in [-0.39, 0.29) is 23.8 Å². The van der Waals surface area contributed by atoms with E-state index < -0.39 is 5.41 Å². The summed E-state index contributed by atoms with van der Waals surface area (Å²) in [6.07, 6.45) is 8.47. The summed E-state index contributed by atoms with van der Waals surface area (Å²) < 4.78 is 7.37. The van der Waals surface area contributed by atoms with Gasteiger partial charge in [-0.05, 0) is 56.5 Å². The lowest BCUT2D eigenvalue weighted by Crippen LogP contribution is -2.52. The molecule has 2 fully saturated rings. The number of hydrogen-bond acceptors (Lipinski definition) is 5. The summed E-state index contributed by atoms with van der Waals surface area (Å²) in [7, 11) is 0. The largest absolute Gasteiger partial charge is 0.459 e. The minimum atomic E-state index is -0.685. The van der Waals surface area contributed by atoms with Crippen LogP contribution in [-0.2, 0) is 11.3 Å². The Morgan fingerprint density at radius 1 is 1.24 bits per heavy atom. The predicted octanol–water partition coefficient (Wildman–Crippen LogP) is 3.50. The number of piperidine rings is 1. The van der Waals surface area contributed by atoms with E-state index in [9.17, 15) is 9.59 Å². The zero-order valence-corrected chi connectivity index (χ0v) is 19.1. The molecule has 8 heteroatoms. The summed E-state index contributed by atoms with van der Waals surface area (Å²) in [5.74, 6) is 0.104. The number of likely N-dealkylation sites (tertiary alicyclic amines) is 2. The highest BCUT2D eigenvalue weighted by Crippen LogP contribution is 2.50. The quantitative estimate of drug-likeness (QED) is 0.598. The zero-order chi connectivity index (χ0) is 23.0. The molecule has 0 N–H and O–H groups in total. The average molecular weight is 448 g/mol. The van der Waals surface area contributed by atoms with Crippen LogP contribution in [0, 0.1) is 5.41 Å². The Morgan fingerprint density at radius 3 is 2.85 bits per heavy atom. The molecule has 5 heterocycles. The molecule has 2 aliphatic rings. The maximum absolute atomic E-state index is 14.1. The molecule has 3 aromatic rings.